The van der Waals surface area contributed by atoms with Crippen LogP contribution < -0.4 is 16.4 Å². The predicted octanol–water partition coefficient (Wildman–Crippen LogP) is -0.310. The number of ketones is 1. The van der Waals surface area contributed by atoms with Gasteiger partial charge in [0.05, 0.1) is 6.04 Å². The lowest BCUT2D eigenvalue weighted by molar-refractivity contribution is -0.140. The molecule has 0 radical (unpaired) electrons. The van der Waals surface area contributed by atoms with Crippen LogP contribution in [0.15, 0.2) is 0 Å². The average Bonchev–Trinajstić information content (AvgIpc) is 2.41. The summed E-state index contributed by atoms with van der Waals surface area (Å²) < 4.78 is 0. The maximum Gasteiger partial charge on any atom is 0.326 e. The Bertz CT molecular complexity index is 413. The number of hydrogen-bond donors (Lipinski definition) is 5. The van der Waals surface area contributed by atoms with Crippen LogP contribution in [0, 0.1) is 0 Å². The van der Waals surface area contributed by atoms with Gasteiger partial charge in [-0.1, -0.05) is 0 Å². The lowest BCUT2D eigenvalue weighted by atomic mass is 10.1. The molecule has 0 saturated carbocycles. The summed E-state index contributed by atoms with van der Waals surface area (Å²) in [5.74, 6) is -2.74. The van der Waals surface area contributed by atoms with Crippen molar-refractivity contribution in [3.05, 3.63) is 0 Å². The van der Waals surface area contributed by atoms with Crippen LogP contribution in [0.25, 0.3) is 0 Å². The molecule has 2 unspecified atom stereocenters. The quantitative estimate of drug-likeness (QED) is 0.327. The number of carbonyl (C=O) groups excluding carboxylic acids is 2. The van der Waals surface area contributed by atoms with E-state index in [4.69, 9.17) is 15.9 Å². The first kappa shape index (κ1) is 19.8. The Morgan fingerprint density at radius 2 is 1.59 bits per heavy atom. The number of carbonyl (C=O) groups is 4. The predicted molar refractivity (Wildman–Crippen MR) is 77.3 cm³/mol. The summed E-state index contributed by atoms with van der Waals surface area (Å²) >= 11 is 0. The number of rotatable bonds is 11. The molecular formula is C13H23N3O6. The molecule has 0 aliphatic heterocycles. The normalized spacial score (nSPS) is 13.0. The molecule has 0 heterocycles. The maximum absolute atomic E-state index is 11.7. The summed E-state index contributed by atoms with van der Waals surface area (Å²) in [6.07, 6.45) is 1.15. The van der Waals surface area contributed by atoms with E-state index in [9.17, 15) is 19.2 Å². The Morgan fingerprint density at radius 3 is 2.05 bits per heavy atom. The van der Waals surface area contributed by atoms with E-state index in [1.165, 1.54) is 6.92 Å². The van der Waals surface area contributed by atoms with Crippen LogP contribution >= 0.6 is 0 Å². The third kappa shape index (κ3) is 8.90. The Hall–Kier alpha value is -2.16. The molecule has 9 heteroatoms. The minimum Gasteiger partial charge on any atom is -0.481 e. The molecule has 2 amide bonds. The molecule has 126 valence electrons. The molecule has 9 nitrogen and oxygen atoms in total. The van der Waals surface area contributed by atoms with Gasteiger partial charge in [0.25, 0.3) is 0 Å². The van der Waals surface area contributed by atoms with Gasteiger partial charge in [0.15, 0.2) is 5.78 Å². The molecule has 6 N–H and O–H groups in total. The highest BCUT2D eigenvalue weighted by molar-refractivity contribution is 5.88. The first-order valence-corrected chi connectivity index (χ1v) is 7.00. The number of nitrogens with two attached hydrogens (primary N) is 1. The molecule has 0 aliphatic carbocycles. The highest BCUT2D eigenvalue weighted by Crippen LogP contribution is 2.03. The minimum atomic E-state index is -1.33. The van der Waals surface area contributed by atoms with Crippen molar-refractivity contribution in [3.8, 4) is 0 Å². The Kier molecular flexibility index (Phi) is 9.51. The highest BCUT2D eigenvalue weighted by atomic mass is 16.4. The Balaban J connectivity index is 4.47. The van der Waals surface area contributed by atoms with E-state index in [1.54, 1.807) is 0 Å². The zero-order valence-corrected chi connectivity index (χ0v) is 12.5. The van der Waals surface area contributed by atoms with Crippen LogP contribution in [-0.4, -0.2) is 52.6 Å². The van der Waals surface area contributed by atoms with E-state index < -0.39 is 30.1 Å². The van der Waals surface area contributed by atoms with Gasteiger partial charge in [-0.05, 0) is 39.2 Å². The molecule has 0 spiro atoms. The number of urea groups is 1. The maximum atomic E-state index is 11.7. The van der Waals surface area contributed by atoms with Crippen LogP contribution in [0.5, 0.6) is 0 Å². The van der Waals surface area contributed by atoms with Crippen molar-refractivity contribution in [2.45, 2.75) is 51.1 Å². The molecule has 0 aromatic heterocycles. The molecule has 0 aromatic carbocycles. The van der Waals surface area contributed by atoms with Gasteiger partial charge in [-0.15, -0.1) is 0 Å². The van der Waals surface area contributed by atoms with Gasteiger partial charge in [-0.2, -0.15) is 0 Å². The molecular weight excluding hydrogens is 294 g/mol. The first-order chi connectivity index (χ1) is 10.3. The van der Waals surface area contributed by atoms with Crippen LogP contribution in [0.2, 0.25) is 0 Å². The van der Waals surface area contributed by atoms with Crippen molar-refractivity contribution in [1.29, 1.82) is 0 Å². The van der Waals surface area contributed by atoms with Crippen molar-refractivity contribution < 1.29 is 29.4 Å². The third-order valence-corrected chi connectivity index (χ3v) is 2.99. The standard InChI is InChI=1S/C13H23N3O6/c1-8(17)9(4-2-3-7-14)15-13(22)16-10(12(20)21)5-6-11(18)19/h9-10H,2-7,14H2,1H3,(H,18,19)(H,20,21)(H2,15,16,22). The van der Waals surface area contributed by atoms with Gasteiger partial charge in [0.1, 0.15) is 6.04 Å². The molecule has 0 aromatic rings. The number of Topliss-reactive ketones (excluding diaryl/α,β-unsaturated/α-hetero) is 1. The SMILES string of the molecule is CC(=O)C(CCCCN)NC(=O)NC(CCC(=O)O)C(=O)O. The number of amides is 2. The molecule has 0 aliphatic rings. The summed E-state index contributed by atoms with van der Waals surface area (Å²) in [4.78, 5) is 44.6. The summed E-state index contributed by atoms with van der Waals surface area (Å²) in [6.45, 7) is 1.81. The fourth-order valence-electron chi connectivity index (χ4n) is 1.75. The number of unbranched alkanes of at least 4 members (excludes halogenated alkanes) is 1. The van der Waals surface area contributed by atoms with E-state index in [0.29, 0.717) is 25.8 Å². The second kappa shape index (κ2) is 10.6. The van der Waals surface area contributed by atoms with Gasteiger partial charge >= 0.3 is 18.0 Å². The van der Waals surface area contributed by atoms with E-state index in [-0.39, 0.29) is 18.6 Å². The Labute approximate surface area is 128 Å². The number of hydrogen-bond acceptors (Lipinski definition) is 5. The van der Waals surface area contributed by atoms with Crippen LogP contribution in [0.4, 0.5) is 4.79 Å². The monoisotopic (exact) mass is 317 g/mol. The zero-order valence-electron chi connectivity index (χ0n) is 12.5. The lowest BCUT2D eigenvalue weighted by Gasteiger charge is -2.19. The summed E-state index contributed by atoms with van der Waals surface area (Å²) in [5, 5.41) is 22.0. The van der Waals surface area contributed by atoms with Crippen molar-refractivity contribution in [1.82, 2.24) is 10.6 Å². The molecule has 0 fully saturated rings. The van der Waals surface area contributed by atoms with Crippen LogP contribution in [0.1, 0.15) is 39.0 Å². The van der Waals surface area contributed by atoms with E-state index in [1.807, 2.05) is 0 Å². The van der Waals surface area contributed by atoms with Crippen molar-refractivity contribution >= 4 is 23.8 Å². The third-order valence-electron chi connectivity index (χ3n) is 2.99. The fourth-order valence-corrected chi connectivity index (χ4v) is 1.75. The van der Waals surface area contributed by atoms with Gasteiger partial charge < -0.3 is 26.6 Å². The summed E-state index contributed by atoms with van der Waals surface area (Å²) in [6, 6.07) is -2.86. The molecule has 22 heavy (non-hydrogen) atoms. The molecule has 0 rings (SSSR count). The molecule has 0 bridgehead atoms. The zero-order chi connectivity index (χ0) is 17.1. The molecule has 0 saturated heterocycles. The lowest BCUT2D eigenvalue weighted by Crippen LogP contribution is -2.50. The largest absolute Gasteiger partial charge is 0.481 e. The fraction of sp³-hybridized carbons (Fsp3) is 0.692. The molecule has 2 atom stereocenters. The van der Waals surface area contributed by atoms with Crippen molar-refractivity contribution in [2.24, 2.45) is 5.73 Å². The minimum absolute atomic E-state index is 0.240. The van der Waals surface area contributed by atoms with Crippen molar-refractivity contribution in [3.63, 3.8) is 0 Å². The number of nitrogens with one attached hydrogen (secondary N) is 2. The van der Waals surface area contributed by atoms with Gasteiger partial charge in [-0.3, -0.25) is 9.59 Å². The average molecular weight is 317 g/mol. The summed E-state index contributed by atoms with van der Waals surface area (Å²) in [5.41, 5.74) is 5.35. The highest BCUT2D eigenvalue weighted by Gasteiger charge is 2.23. The number of carboxylic acids is 2. The van der Waals surface area contributed by atoms with Gasteiger partial charge in [0.2, 0.25) is 0 Å². The number of carboxylic acid groups (broad SMARTS) is 2. The van der Waals surface area contributed by atoms with Crippen LogP contribution in [-0.2, 0) is 14.4 Å². The van der Waals surface area contributed by atoms with E-state index in [0.717, 1.165) is 0 Å². The second-order valence-electron chi connectivity index (χ2n) is 4.89. The smallest absolute Gasteiger partial charge is 0.326 e. The van der Waals surface area contributed by atoms with E-state index >= 15 is 0 Å². The first-order valence-electron chi connectivity index (χ1n) is 7.00. The van der Waals surface area contributed by atoms with Gasteiger partial charge in [0, 0.05) is 6.42 Å². The van der Waals surface area contributed by atoms with Crippen LogP contribution in [0.3, 0.4) is 0 Å². The van der Waals surface area contributed by atoms with Crippen molar-refractivity contribution in [2.75, 3.05) is 6.54 Å². The van der Waals surface area contributed by atoms with E-state index in [2.05, 4.69) is 10.6 Å². The Morgan fingerprint density at radius 1 is 1.00 bits per heavy atom. The second-order valence-corrected chi connectivity index (χ2v) is 4.89. The topological polar surface area (TPSA) is 159 Å². The summed E-state index contributed by atoms with van der Waals surface area (Å²) in [7, 11) is 0. The number of aliphatic carboxylic acids is 2. The van der Waals surface area contributed by atoms with Gasteiger partial charge in [-0.25, -0.2) is 9.59 Å².